The first-order valence-electron chi connectivity index (χ1n) is 12.6. The number of amides is 1. The molecule has 0 aliphatic carbocycles. The minimum absolute atomic E-state index is 0.0411. The van der Waals surface area contributed by atoms with E-state index in [1.54, 1.807) is 24.3 Å². The summed E-state index contributed by atoms with van der Waals surface area (Å²) in [6.07, 6.45) is 0. The van der Waals surface area contributed by atoms with Crippen molar-refractivity contribution in [1.82, 2.24) is 14.1 Å². The third-order valence-corrected chi connectivity index (χ3v) is 9.18. The monoisotopic (exact) mass is 561 g/mol. The standard InChI is InChI=1S/C27H32ClN3O6S/c1-3-29(4-2)13-14-31-24(19-5-9-21(28)10-6-19)23(26(33)27(31)34)25(32)20-7-11-22(12-8-20)38(35,36)30-15-17-37-18-16-30/h5-12,24,32H,3-4,13-18H2,1-2H3/t24-/m0/s1. The lowest BCUT2D eigenvalue weighted by Crippen LogP contribution is -2.40. The van der Waals surface area contributed by atoms with Gasteiger partial charge in [-0.1, -0.05) is 37.6 Å². The summed E-state index contributed by atoms with van der Waals surface area (Å²) in [4.78, 5) is 30.1. The molecule has 2 heterocycles. The molecule has 0 radical (unpaired) electrons. The molecule has 2 aliphatic heterocycles. The van der Waals surface area contributed by atoms with Crippen LogP contribution in [0.4, 0.5) is 0 Å². The maximum atomic E-state index is 13.2. The van der Waals surface area contributed by atoms with Crippen molar-refractivity contribution in [2.45, 2.75) is 24.8 Å². The summed E-state index contributed by atoms with van der Waals surface area (Å²) < 4.78 is 32.6. The fourth-order valence-electron chi connectivity index (χ4n) is 4.77. The van der Waals surface area contributed by atoms with E-state index in [0.29, 0.717) is 36.9 Å². The van der Waals surface area contributed by atoms with Gasteiger partial charge in [0.1, 0.15) is 5.76 Å². The number of carbonyl (C=O) groups excluding carboxylic acids is 2. The first kappa shape index (κ1) is 28.3. The molecule has 2 fully saturated rings. The van der Waals surface area contributed by atoms with Crippen molar-refractivity contribution >= 4 is 39.1 Å². The van der Waals surface area contributed by atoms with E-state index in [2.05, 4.69) is 4.90 Å². The normalized spacial score (nSPS) is 20.4. The predicted octanol–water partition coefficient (Wildman–Crippen LogP) is 3.12. The van der Waals surface area contributed by atoms with Gasteiger partial charge in [0.2, 0.25) is 10.0 Å². The number of aliphatic hydroxyl groups excluding tert-OH is 1. The summed E-state index contributed by atoms with van der Waals surface area (Å²) in [5.41, 5.74) is 0.841. The summed E-state index contributed by atoms with van der Waals surface area (Å²) in [5, 5.41) is 11.8. The van der Waals surface area contributed by atoms with Crippen LogP contribution in [0.5, 0.6) is 0 Å². The Morgan fingerprint density at radius 1 is 1.03 bits per heavy atom. The summed E-state index contributed by atoms with van der Waals surface area (Å²) in [6.45, 7) is 7.70. The summed E-state index contributed by atoms with van der Waals surface area (Å²) >= 11 is 6.08. The maximum Gasteiger partial charge on any atom is 0.295 e. The molecular weight excluding hydrogens is 530 g/mol. The van der Waals surface area contributed by atoms with Gasteiger partial charge >= 0.3 is 0 Å². The minimum Gasteiger partial charge on any atom is -0.507 e. The molecular formula is C27H32ClN3O6S. The van der Waals surface area contributed by atoms with Crippen LogP contribution >= 0.6 is 11.6 Å². The Bertz CT molecular complexity index is 1300. The third-order valence-electron chi connectivity index (χ3n) is 7.01. The molecule has 2 aliphatic rings. The molecule has 2 aromatic carbocycles. The molecule has 4 rings (SSSR count). The highest BCUT2D eigenvalue weighted by Gasteiger charge is 2.46. The second-order valence-corrected chi connectivity index (χ2v) is 11.5. The molecule has 0 unspecified atom stereocenters. The van der Waals surface area contributed by atoms with E-state index < -0.39 is 27.8 Å². The molecule has 11 heteroatoms. The minimum atomic E-state index is -3.72. The number of hydrogen-bond donors (Lipinski definition) is 1. The second kappa shape index (κ2) is 12.0. The number of aliphatic hydroxyl groups is 1. The number of hydrogen-bond acceptors (Lipinski definition) is 7. The molecule has 0 bridgehead atoms. The fraction of sp³-hybridized carbons (Fsp3) is 0.407. The van der Waals surface area contributed by atoms with Crippen molar-refractivity contribution < 1.29 is 27.9 Å². The van der Waals surface area contributed by atoms with E-state index in [1.807, 2.05) is 13.8 Å². The zero-order chi connectivity index (χ0) is 27.4. The molecule has 2 aromatic rings. The number of sulfonamides is 1. The van der Waals surface area contributed by atoms with Crippen LogP contribution in [0.1, 0.15) is 31.0 Å². The summed E-state index contributed by atoms with van der Waals surface area (Å²) in [7, 11) is -3.72. The Hall–Kier alpha value is -2.76. The van der Waals surface area contributed by atoms with Crippen molar-refractivity contribution in [3.63, 3.8) is 0 Å². The van der Waals surface area contributed by atoms with Gasteiger partial charge in [0.15, 0.2) is 0 Å². The number of rotatable bonds is 9. The predicted molar refractivity (Wildman–Crippen MR) is 144 cm³/mol. The molecule has 0 aromatic heterocycles. The van der Waals surface area contributed by atoms with Gasteiger partial charge in [-0.15, -0.1) is 0 Å². The Labute approximate surface area is 228 Å². The second-order valence-electron chi connectivity index (χ2n) is 9.11. The number of Topliss-reactive ketones (excluding diaryl/α,β-unsaturated/α-hetero) is 1. The molecule has 1 N–H and O–H groups in total. The van der Waals surface area contributed by atoms with Crippen LogP contribution in [-0.4, -0.2) is 91.8 Å². The average molecular weight is 562 g/mol. The van der Waals surface area contributed by atoms with Gasteiger partial charge in [-0.25, -0.2) is 8.42 Å². The Morgan fingerprint density at radius 3 is 2.21 bits per heavy atom. The molecule has 204 valence electrons. The molecule has 0 saturated carbocycles. The summed E-state index contributed by atoms with van der Waals surface area (Å²) in [5.74, 6) is -1.83. The maximum absolute atomic E-state index is 13.2. The van der Waals surface area contributed by atoms with Crippen molar-refractivity contribution in [1.29, 1.82) is 0 Å². The molecule has 1 atom stereocenters. The number of carbonyl (C=O) groups is 2. The zero-order valence-corrected chi connectivity index (χ0v) is 23.0. The van der Waals surface area contributed by atoms with Crippen LogP contribution in [0, 0.1) is 0 Å². The van der Waals surface area contributed by atoms with Gasteiger partial charge in [0.25, 0.3) is 11.7 Å². The van der Waals surface area contributed by atoms with Crippen LogP contribution in [0.2, 0.25) is 5.02 Å². The van der Waals surface area contributed by atoms with Crippen LogP contribution < -0.4 is 0 Å². The summed E-state index contributed by atoms with van der Waals surface area (Å²) in [6, 6.07) is 11.7. The van der Waals surface area contributed by atoms with Crippen LogP contribution in [0.3, 0.4) is 0 Å². The van der Waals surface area contributed by atoms with Crippen molar-refractivity contribution in [3.05, 3.63) is 70.3 Å². The van der Waals surface area contributed by atoms with Gasteiger partial charge in [-0.05, 0) is 55.1 Å². The number of halogens is 1. The van der Waals surface area contributed by atoms with Gasteiger partial charge in [0.05, 0.1) is 29.7 Å². The quantitative estimate of drug-likeness (QED) is 0.285. The number of likely N-dealkylation sites (N-methyl/N-ethyl adjacent to an activating group) is 1. The van der Waals surface area contributed by atoms with Crippen molar-refractivity contribution in [2.24, 2.45) is 0 Å². The van der Waals surface area contributed by atoms with Crippen molar-refractivity contribution in [2.75, 3.05) is 52.5 Å². The smallest absolute Gasteiger partial charge is 0.295 e. The van der Waals surface area contributed by atoms with E-state index in [1.165, 1.54) is 33.5 Å². The van der Waals surface area contributed by atoms with Gasteiger partial charge in [-0.3, -0.25) is 9.59 Å². The molecule has 9 nitrogen and oxygen atoms in total. The average Bonchev–Trinajstić information content (AvgIpc) is 3.19. The number of morpholine rings is 1. The molecule has 1 amide bonds. The first-order chi connectivity index (χ1) is 18.2. The number of ketones is 1. The first-order valence-corrected chi connectivity index (χ1v) is 14.4. The third kappa shape index (κ3) is 5.64. The van der Waals surface area contributed by atoms with Crippen LogP contribution in [0.15, 0.2) is 59.0 Å². The number of benzene rings is 2. The molecule has 38 heavy (non-hydrogen) atoms. The highest BCUT2D eigenvalue weighted by molar-refractivity contribution is 7.89. The Balaban J connectivity index is 1.71. The highest BCUT2D eigenvalue weighted by Crippen LogP contribution is 2.39. The van der Waals surface area contributed by atoms with Gasteiger partial charge in [-0.2, -0.15) is 4.31 Å². The van der Waals surface area contributed by atoms with Gasteiger partial charge in [0, 0.05) is 36.8 Å². The number of ether oxygens (including phenoxy) is 1. The zero-order valence-electron chi connectivity index (χ0n) is 21.5. The van der Waals surface area contributed by atoms with E-state index in [-0.39, 0.29) is 34.9 Å². The van der Waals surface area contributed by atoms with E-state index in [0.717, 1.165) is 13.1 Å². The number of likely N-dealkylation sites (tertiary alicyclic amines) is 1. The van der Waals surface area contributed by atoms with Crippen LogP contribution in [-0.2, 0) is 24.3 Å². The molecule has 0 spiro atoms. The largest absolute Gasteiger partial charge is 0.507 e. The Kier molecular flexibility index (Phi) is 8.89. The lowest BCUT2D eigenvalue weighted by atomic mass is 9.95. The van der Waals surface area contributed by atoms with Crippen LogP contribution in [0.25, 0.3) is 5.76 Å². The van der Waals surface area contributed by atoms with E-state index in [4.69, 9.17) is 16.3 Å². The molecule has 2 saturated heterocycles. The van der Waals surface area contributed by atoms with Gasteiger partial charge < -0.3 is 19.6 Å². The highest BCUT2D eigenvalue weighted by atomic mass is 35.5. The fourth-order valence-corrected chi connectivity index (χ4v) is 6.30. The van der Waals surface area contributed by atoms with Crippen molar-refractivity contribution in [3.8, 4) is 0 Å². The lowest BCUT2D eigenvalue weighted by Gasteiger charge is -2.28. The topological polar surface area (TPSA) is 107 Å². The SMILES string of the molecule is CCN(CC)CCN1C(=O)C(=O)C(=C(O)c2ccc(S(=O)(=O)N3CCOCC3)cc2)[C@@H]1c1ccc(Cl)cc1. The Morgan fingerprint density at radius 2 is 1.63 bits per heavy atom. The number of nitrogens with zero attached hydrogens (tertiary/aromatic N) is 3. The lowest BCUT2D eigenvalue weighted by molar-refractivity contribution is -0.140. The van der Waals surface area contributed by atoms with E-state index >= 15 is 0 Å². The van der Waals surface area contributed by atoms with E-state index in [9.17, 15) is 23.1 Å².